The molecule has 2 amide bonds. The van der Waals surface area contributed by atoms with Crippen molar-refractivity contribution >= 4 is 34.3 Å². The molecule has 5 nitrogen and oxygen atoms in total. The summed E-state index contributed by atoms with van der Waals surface area (Å²) >= 11 is 2.00. The van der Waals surface area contributed by atoms with E-state index in [2.05, 4.69) is 16.3 Å². The maximum Gasteiger partial charge on any atom is 0.321 e. The van der Waals surface area contributed by atoms with Crippen LogP contribution in [0.1, 0.15) is 18.9 Å². The number of amides is 2. The molecule has 2 fully saturated rings. The van der Waals surface area contributed by atoms with Crippen molar-refractivity contribution < 1.29 is 9.00 Å². The number of carbonyl (C=O) groups excluding carboxylic acids is 1. The topological polar surface area (TPSA) is 52.7 Å². The highest BCUT2D eigenvalue weighted by Crippen LogP contribution is 2.20. The van der Waals surface area contributed by atoms with Gasteiger partial charge in [-0.2, -0.15) is 11.8 Å². The molecule has 0 unspecified atom stereocenters. The van der Waals surface area contributed by atoms with E-state index in [0.29, 0.717) is 18.8 Å². The van der Waals surface area contributed by atoms with Gasteiger partial charge in [0.1, 0.15) is 0 Å². The predicted octanol–water partition coefficient (Wildman–Crippen LogP) is 2.61. The van der Waals surface area contributed by atoms with Crippen LogP contribution in [-0.4, -0.2) is 68.7 Å². The van der Waals surface area contributed by atoms with E-state index < -0.39 is 10.8 Å². The Bertz CT molecular complexity index is 620. The first-order valence-corrected chi connectivity index (χ1v) is 11.5. The van der Waals surface area contributed by atoms with Crippen molar-refractivity contribution in [1.29, 1.82) is 0 Å². The van der Waals surface area contributed by atoms with Gasteiger partial charge < -0.3 is 10.2 Å². The number of benzene rings is 1. The van der Waals surface area contributed by atoms with Crippen LogP contribution in [0.4, 0.5) is 10.5 Å². The van der Waals surface area contributed by atoms with Crippen LogP contribution in [0, 0.1) is 0 Å². The standard InChI is InChI=1S/C18H27N3O2S2/c1-15-6-7-21(10-13-25(15)23)18(22)19-17-5-3-2-4-16(17)14-20-8-11-24-12-9-20/h2-5,15H,6-14H2,1H3,(H,19,22)/t15-,25+/m1/s1. The van der Waals surface area contributed by atoms with Crippen LogP contribution in [0.5, 0.6) is 0 Å². The largest absolute Gasteiger partial charge is 0.324 e. The molecule has 0 spiro atoms. The number of para-hydroxylation sites is 1. The molecule has 0 bridgehead atoms. The summed E-state index contributed by atoms with van der Waals surface area (Å²) in [5, 5.41) is 3.25. The van der Waals surface area contributed by atoms with E-state index in [1.54, 1.807) is 4.90 Å². The first-order chi connectivity index (χ1) is 12.1. The fourth-order valence-corrected chi connectivity index (χ4v) is 5.31. The number of urea groups is 1. The van der Waals surface area contributed by atoms with E-state index in [1.165, 1.54) is 11.5 Å². The molecule has 0 radical (unpaired) electrons. The lowest BCUT2D eigenvalue weighted by Gasteiger charge is -2.27. The monoisotopic (exact) mass is 381 g/mol. The summed E-state index contributed by atoms with van der Waals surface area (Å²) in [6.45, 7) is 6.31. The minimum absolute atomic E-state index is 0.0762. The third kappa shape index (κ3) is 5.21. The molecule has 2 aliphatic heterocycles. The number of hydrogen-bond acceptors (Lipinski definition) is 4. The first-order valence-electron chi connectivity index (χ1n) is 8.94. The number of hydrogen-bond donors (Lipinski definition) is 1. The molecule has 2 atom stereocenters. The summed E-state index contributed by atoms with van der Waals surface area (Å²) in [5.74, 6) is 2.93. The lowest BCUT2D eigenvalue weighted by molar-refractivity contribution is 0.215. The van der Waals surface area contributed by atoms with E-state index in [9.17, 15) is 9.00 Å². The third-order valence-electron chi connectivity index (χ3n) is 4.86. The minimum atomic E-state index is -0.826. The normalized spacial score (nSPS) is 25.4. The average Bonchev–Trinajstić information content (AvgIpc) is 2.79. The molecule has 7 heteroatoms. The molecule has 2 aliphatic rings. The summed E-state index contributed by atoms with van der Waals surface area (Å²) < 4.78 is 12.0. The van der Waals surface area contributed by atoms with Crippen LogP contribution in [0.3, 0.4) is 0 Å². The highest BCUT2D eigenvalue weighted by Gasteiger charge is 2.23. The van der Waals surface area contributed by atoms with E-state index in [1.807, 2.05) is 36.9 Å². The highest BCUT2D eigenvalue weighted by atomic mass is 32.2. The van der Waals surface area contributed by atoms with Gasteiger partial charge >= 0.3 is 6.03 Å². The van der Waals surface area contributed by atoms with Gasteiger partial charge in [-0.25, -0.2) is 4.79 Å². The van der Waals surface area contributed by atoms with E-state index in [-0.39, 0.29) is 11.3 Å². The van der Waals surface area contributed by atoms with Crippen molar-refractivity contribution in [2.75, 3.05) is 48.8 Å². The molecule has 1 aromatic carbocycles. The second-order valence-electron chi connectivity index (χ2n) is 6.65. The Morgan fingerprint density at radius 3 is 2.80 bits per heavy atom. The quantitative estimate of drug-likeness (QED) is 0.874. The van der Waals surface area contributed by atoms with Crippen molar-refractivity contribution in [2.45, 2.75) is 25.1 Å². The number of anilines is 1. The molecule has 2 saturated heterocycles. The van der Waals surface area contributed by atoms with Crippen molar-refractivity contribution in [1.82, 2.24) is 9.80 Å². The summed E-state index contributed by atoms with van der Waals surface area (Å²) in [6.07, 6.45) is 0.799. The molecule has 25 heavy (non-hydrogen) atoms. The SMILES string of the molecule is C[C@@H]1CCN(C(=O)Nc2ccccc2CN2CCSCC2)CC[S@@]1=O. The minimum Gasteiger partial charge on any atom is -0.324 e. The van der Waals surface area contributed by atoms with Crippen molar-refractivity contribution in [2.24, 2.45) is 0 Å². The zero-order valence-corrected chi connectivity index (χ0v) is 16.4. The van der Waals surface area contributed by atoms with Gasteiger partial charge in [0.05, 0.1) is 0 Å². The average molecular weight is 382 g/mol. The molecule has 1 N–H and O–H groups in total. The maximum absolute atomic E-state index is 12.7. The summed E-state index contributed by atoms with van der Waals surface area (Å²) in [4.78, 5) is 16.9. The Labute approximate surface area is 157 Å². The van der Waals surface area contributed by atoms with Crippen molar-refractivity contribution in [3.8, 4) is 0 Å². The van der Waals surface area contributed by atoms with Gasteiger partial charge in [0.15, 0.2) is 0 Å². The van der Waals surface area contributed by atoms with Crippen LogP contribution in [0.25, 0.3) is 0 Å². The van der Waals surface area contributed by atoms with Crippen LogP contribution >= 0.6 is 11.8 Å². The molecule has 0 aliphatic carbocycles. The summed E-state index contributed by atoms with van der Waals surface area (Å²) in [7, 11) is -0.826. The number of rotatable bonds is 3. The lowest BCUT2D eigenvalue weighted by atomic mass is 10.1. The van der Waals surface area contributed by atoms with E-state index in [4.69, 9.17) is 0 Å². The number of thioether (sulfide) groups is 1. The van der Waals surface area contributed by atoms with Crippen LogP contribution in [0.15, 0.2) is 24.3 Å². The third-order valence-corrected chi connectivity index (χ3v) is 7.52. The second-order valence-corrected chi connectivity index (χ2v) is 9.85. The van der Waals surface area contributed by atoms with Gasteiger partial charge in [0.2, 0.25) is 0 Å². The molecule has 138 valence electrons. The molecular weight excluding hydrogens is 354 g/mol. The molecule has 2 heterocycles. The fraction of sp³-hybridized carbons (Fsp3) is 0.611. The fourth-order valence-electron chi connectivity index (χ4n) is 3.16. The Kier molecular flexibility index (Phi) is 6.78. The molecule has 0 aromatic heterocycles. The predicted molar refractivity (Wildman–Crippen MR) is 107 cm³/mol. The summed E-state index contributed by atoms with van der Waals surface area (Å²) in [6, 6.07) is 7.99. The molecule has 3 rings (SSSR count). The Balaban J connectivity index is 1.63. The second kappa shape index (κ2) is 9.05. The van der Waals surface area contributed by atoms with Gasteiger partial charge in [-0.3, -0.25) is 9.11 Å². The molecule has 0 saturated carbocycles. The first kappa shape index (κ1) is 18.7. The number of carbonyl (C=O) groups is 1. The number of nitrogens with zero attached hydrogens (tertiary/aromatic N) is 2. The van der Waals surface area contributed by atoms with Gasteiger partial charge in [-0.05, 0) is 18.1 Å². The Morgan fingerprint density at radius 1 is 1.24 bits per heavy atom. The summed E-state index contributed by atoms with van der Waals surface area (Å²) in [5.41, 5.74) is 2.05. The van der Waals surface area contributed by atoms with Crippen LogP contribution in [-0.2, 0) is 17.3 Å². The zero-order valence-electron chi connectivity index (χ0n) is 14.8. The van der Waals surface area contributed by atoms with Crippen LogP contribution < -0.4 is 5.32 Å². The smallest absolute Gasteiger partial charge is 0.321 e. The maximum atomic E-state index is 12.7. The Hall–Kier alpha value is -1.05. The lowest BCUT2D eigenvalue weighted by Crippen LogP contribution is -2.37. The van der Waals surface area contributed by atoms with E-state index >= 15 is 0 Å². The Morgan fingerprint density at radius 2 is 2.00 bits per heavy atom. The zero-order chi connectivity index (χ0) is 17.6. The van der Waals surface area contributed by atoms with Gasteiger partial charge in [-0.1, -0.05) is 25.1 Å². The van der Waals surface area contributed by atoms with Gasteiger partial charge in [-0.15, -0.1) is 0 Å². The van der Waals surface area contributed by atoms with Crippen molar-refractivity contribution in [3.05, 3.63) is 29.8 Å². The number of nitrogens with one attached hydrogen (secondary N) is 1. The highest BCUT2D eigenvalue weighted by molar-refractivity contribution is 7.99. The van der Waals surface area contributed by atoms with Gasteiger partial charge in [0.25, 0.3) is 0 Å². The molecule has 1 aromatic rings. The van der Waals surface area contributed by atoms with Gasteiger partial charge in [0, 0.05) is 71.7 Å². The van der Waals surface area contributed by atoms with Crippen LogP contribution in [0.2, 0.25) is 0 Å². The van der Waals surface area contributed by atoms with Crippen molar-refractivity contribution in [3.63, 3.8) is 0 Å². The van der Waals surface area contributed by atoms with E-state index in [0.717, 1.165) is 37.3 Å². The molecular formula is C18H27N3O2S2.